The largest absolute Gasteiger partial charge is 0.289 e. The lowest BCUT2D eigenvalue weighted by atomic mass is 10.1. The van der Waals surface area contributed by atoms with E-state index in [0.717, 1.165) is 27.3 Å². The molecule has 6 heteroatoms. The predicted molar refractivity (Wildman–Crippen MR) is 114 cm³/mol. The predicted octanol–water partition coefficient (Wildman–Crippen LogP) is 4.51. The van der Waals surface area contributed by atoms with Gasteiger partial charge in [-0.3, -0.25) is 14.8 Å². The second kappa shape index (κ2) is 6.60. The Labute approximate surface area is 165 Å². The van der Waals surface area contributed by atoms with Gasteiger partial charge in [-0.2, -0.15) is 0 Å². The molecule has 0 saturated carbocycles. The molecule has 5 nitrogen and oxygen atoms in total. The number of hydrogen-bond donors (Lipinski definition) is 2. The highest BCUT2D eigenvalue weighted by Crippen LogP contribution is 2.31. The van der Waals surface area contributed by atoms with Gasteiger partial charge in [-0.05, 0) is 29.0 Å². The van der Waals surface area contributed by atoms with Crippen molar-refractivity contribution >= 4 is 38.9 Å². The number of nitrogens with two attached hydrogens (primary N) is 1. The van der Waals surface area contributed by atoms with Crippen LogP contribution in [-0.4, -0.2) is 15.5 Å². The van der Waals surface area contributed by atoms with Crippen LogP contribution in [0.5, 0.6) is 0 Å². The van der Waals surface area contributed by atoms with Crippen LogP contribution in [0.15, 0.2) is 78.2 Å². The number of nitrogens with zero attached hydrogens (tertiary/aromatic N) is 2. The number of hydrazine groups is 1. The van der Waals surface area contributed by atoms with Crippen LogP contribution in [0.3, 0.4) is 0 Å². The number of rotatable bonds is 3. The number of fused-ring (bicyclic) bond motifs is 2. The molecule has 0 atom stereocenters. The molecule has 2 aromatic heterocycles. The van der Waals surface area contributed by atoms with Gasteiger partial charge in [0.25, 0.3) is 5.91 Å². The number of aromatic nitrogens is 2. The van der Waals surface area contributed by atoms with Crippen LogP contribution in [0, 0.1) is 0 Å². The van der Waals surface area contributed by atoms with Crippen LogP contribution >= 0.6 is 11.3 Å². The smallest absolute Gasteiger partial charge is 0.282 e. The molecule has 0 bridgehead atoms. The Bertz CT molecular complexity index is 1330. The Morgan fingerprint density at radius 1 is 0.929 bits per heavy atom. The van der Waals surface area contributed by atoms with Crippen LogP contribution < -0.4 is 11.3 Å². The van der Waals surface area contributed by atoms with Gasteiger partial charge in [0.2, 0.25) is 0 Å². The van der Waals surface area contributed by atoms with Crippen LogP contribution in [-0.2, 0) is 0 Å². The summed E-state index contributed by atoms with van der Waals surface area (Å²) in [5, 5.41) is 6.06. The summed E-state index contributed by atoms with van der Waals surface area (Å²) in [5.41, 5.74) is 5.53. The number of nitrogens with one attached hydrogen (secondary N) is 1. The fourth-order valence-electron chi connectivity index (χ4n) is 3.45. The van der Waals surface area contributed by atoms with E-state index in [4.69, 9.17) is 10.8 Å². The normalized spacial score (nSPS) is 11.2. The highest BCUT2D eigenvalue weighted by atomic mass is 32.1. The lowest BCUT2D eigenvalue weighted by Crippen LogP contribution is -2.31. The minimum atomic E-state index is -0.348. The molecule has 3 aromatic carbocycles. The lowest BCUT2D eigenvalue weighted by molar-refractivity contribution is 0.0947. The first-order chi connectivity index (χ1) is 13.7. The lowest BCUT2D eigenvalue weighted by Gasteiger charge is -2.06. The van der Waals surface area contributed by atoms with E-state index in [1.807, 2.05) is 52.4 Å². The third kappa shape index (κ3) is 2.67. The third-order valence-corrected chi connectivity index (χ3v) is 5.63. The molecule has 28 heavy (non-hydrogen) atoms. The van der Waals surface area contributed by atoms with Gasteiger partial charge in [-0.15, -0.1) is 11.3 Å². The van der Waals surface area contributed by atoms with Crippen molar-refractivity contribution in [3.8, 4) is 16.4 Å². The average molecular weight is 384 g/mol. The Balaban J connectivity index is 1.65. The van der Waals surface area contributed by atoms with Crippen molar-refractivity contribution in [1.29, 1.82) is 0 Å². The van der Waals surface area contributed by atoms with Crippen molar-refractivity contribution in [1.82, 2.24) is 15.0 Å². The van der Waals surface area contributed by atoms with Gasteiger partial charge < -0.3 is 0 Å². The van der Waals surface area contributed by atoms with E-state index in [2.05, 4.69) is 35.8 Å². The van der Waals surface area contributed by atoms with Crippen LogP contribution in [0.2, 0.25) is 0 Å². The first-order valence-corrected chi connectivity index (χ1v) is 9.69. The summed E-state index contributed by atoms with van der Waals surface area (Å²) in [4.78, 5) is 17.1. The minimum absolute atomic E-state index is 0.348. The number of para-hydroxylation sites is 1. The van der Waals surface area contributed by atoms with Crippen molar-refractivity contribution in [3.63, 3.8) is 0 Å². The molecule has 1 amide bonds. The van der Waals surface area contributed by atoms with E-state index in [1.54, 1.807) is 0 Å². The monoisotopic (exact) mass is 384 g/mol. The summed E-state index contributed by atoms with van der Waals surface area (Å²) in [6.45, 7) is 0. The molecule has 0 aliphatic rings. The number of carbonyl (C=O) groups is 1. The topological polar surface area (TPSA) is 72.9 Å². The van der Waals surface area contributed by atoms with Gasteiger partial charge in [-0.1, -0.05) is 54.6 Å². The summed E-state index contributed by atoms with van der Waals surface area (Å²) in [7, 11) is 0. The Morgan fingerprint density at radius 2 is 1.68 bits per heavy atom. The molecule has 0 unspecified atom stereocenters. The maximum absolute atomic E-state index is 12.3. The quantitative estimate of drug-likeness (QED) is 0.273. The molecule has 0 aliphatic heterocycles. The highest BCUT2D eigenvalue weighted by molar-refractivity contribution is 7.12. The Hall–Kier alpha value is -3.48. The number of nitrogen functional groups attached to an aromatic ring is 1. The fraction of sp³-hybridized carbons (Fsp3) is 0. The highest BCUT2D eigenvalue weighted by Gasteiger charge is 2.18. The summed E-state index contributed by atoms with van der Waals surface area (Å²) in [6, 6.07) is 24.2. The van der Waals surface area contributed by atoms with Gasteiger partial charge in [-0.25, -0.2) is 10.8 Å². The maximum Gasteiger partial charge on any atom is 0.282 e. The van der Waals surface area contributed by atoms with Crippen molar-refractivity contribution < 1.29 is 4.79 Å². The summed E-state index contributed by atoms with van der Waals surface area (Å²) in [5.74, 6) is 5.04. The molecule has 0 radical (unpaired) electrons. The van der Waals surface area contributed by atoms with Gasteiger partial charge in [0, 0.05) is 16.3 Å². The van der Waals surface area contributed by atoms with Crippen molar-refractivity contribution in [2.24, 2.45) is 5.84 Å². The van der Waals surface area contributed by atoms with Gasteiger partial charge in [0.1, 0.15) is 5.69 Å². The second-order valence-corrected chi connectivity index (χ2v) is 7.31. The molecule has 136 valence electrons. The second-order valence-electron chi connectivity index (χ2n) is 6.47. The molecular formula is C22H16N4OS. The number of hydrogen-bond acceptors (Lipinski definition) is 4. The number of amides is 1. The third-order valence-electron chi connectivity index (χ3n) is 4.80. The molecule has 0 aliphatic carbocycles. The zero-order valence-electron chi connectivity index (χ0n) is 14.8. The van der Waals surface area contributed by atoms with E-state index in [1.165, 1.54) is 22.1 Å². The molecule has 0 saturated heterocycles. The van der Waals surface area contributed by atoms with Gasteiger partial charge in [0.15, 0.2) is 5.13 Å². The zero-order chi connectivity index (χ0) is 19.1. The van der Waals surface area contributed by atoms with E-state index in [-0.39, 0.29) is 5.91 Å². The standard InChI is InChI=1S/C22H16N4OS/c23-25-21(27)20-12-17-7-3-4-8-19(17)26(20)22-24-18(13-28-22)16-10-9-14-5-1-2-6-15(14)11-16/h1-13H,23H2,(H,25,27). The van der Waals surface area contributed by atoms with Crippen molar-refractivity contribution in [2.75, 3.05) is 0 Å². The SMILES string of the molecule is NNC(=O)c1cc2ccccc2n1-c1nc(-c2ccc3ccccc3c2)cs1. The average Bonchev–Trinajstić information content (AvgIpc) is 3.37. The van der Waals surface area contributed by atoms with E-state index in [9.17, 15) is 4.79 Å². The summed E-state index contributed by atoms with van der Waals surface area (Å²) >= 11 is 1.50. The first-order valence-electron chi connectivity index (χ1n) is 8.81. The van der Waals surface area contributed by atoms with Crippen molar-refractivity contribution in [3.05, 3.63) is 83.9 Å². The Morgan fingerprint density at radius 3 is 2.50 bits per heavy atom. The molecule has 2 heterocycles. The molecule has 0 spiro atoms. The van der Waals surface area contributed by atoms with Gasteiger partial charge >= 0.3 is 0 Å². The molecule has 5 rings (SSSR count). The van der Waals surface area contributed by atoms with E-state index < -0.39 is 0 Å². The van der Waals surface area contributed by atoms with E-state index in [0.29, 0.717) is 5.69 Å². The molecule has 0 fully saturated rings. The zero-order valence-corrected chi connectivity index (χ0v) is 15.6. The number of benzene rings is 3. The fourth-order valence-corrected chi connectivity index (χ4v) is 4.31. The molecular weight excluding hydrogens is 368 g/mol. The Kier molecular flexibility index (Phi) is 3.93. The van der Waals surface area contributed by atoms with Gasteiger partial charge in [0.05, 0.1) is 11.2 Å². The first kappa shape index (κ1) is 16.7. The minimum Gasteiger partial charge on any atom is -0.289 e. The molecule has 3 N–H and O–H groups in total. The number of thiazole rings is 1. The number of carbonyl (C=O) groups excluding carboxylic acids is 1. The summed E-state index contributed by atoms with van der Waals surface area (Å²) < 4.78 is 1.85. The maximum atomic E-state index is 12.3. The summed E-state index contributed by atoms with van der Waals surface area (Å²) in [6.07, 6.45) is 0. The van der Waals surface area contributed by atoms with Crippen LogP contribution in [0.4, 0.5) is 0 Å². The van der Waals surface area contributed by atoms with E-state index >= 15 is 0 Å². The van der Waals surface area contributed by atoms with Crippen LogP contribution in [0.25, 0.3) is 38.1 Å². The molecule has 5 aromatic rings. The van der Waals surface area contributed by atoms with Crippen molar-refractivity contribution in [2.45, 2.75) is 0 Å². The van der Waals surface area contributed by atoms with Crippen LogP contribution in [0.1, 0.15) is 10.5 Å².